The second kappa shape index (κ2) is 9.85. The number of hydrogen-bond donors (Lipinski definition) is 1. The first-order chi connectivity index (χ1) is 16.6. The first-order valence-corrected chi connectivity index (χ1v) is 13.5. The van der Waals surface area contributed by atoms with Gasteiger partial charge in [-0.05, 0) is 43.7 Å². The van der Waals surface area contributed by atoms with Crippen molar-refractivity contribution >= 4 is 26.0 Å². The molecule has 0 atom stereocenters. The Balaban J connectivity index is 1.68. The summed E-state index contributed by atoms with van der Waals surface area (Å²) in [5.41, 5.74) is 2.86. The molecule has 0 aliphatic rings. The minimum Gasteiger partial charge on any atom is -0.356 e. The molecular weight excluding hydrogens is 486 g/mol. The summed E-state index contributed by atoms with van der Waals surface area (Å²) in [5.74, 6) is -0.288. The molecule has 1 N–H and O–H groups in total. The van der Waals surface area contributed by atoms with E-state index in [-0.39, 0.29) is 33.6 Å². The number of aryl methyl sites for hydroxylation is 2. The van der Waals surface area contributed by atoms with E-state index >= 15 is 0 Å². The topological polar surface area (TPSA) is 115 Å². The third-order valence-electron chi connectivity index (χ3n) is 5.10. The average Bonchev–Trinajstić information content (AvgIpc) is 2.82. The molecule has 0 radical (unpaired) electrons. The molecule has 180 valence electrons. The molecule has 4 aromatic rings. The Hall–Kier alpha value is -3.76. The molecule has 10 heteroatoms. The van der Waals surface area contributed by atoms with E-state index in [4.69, 9.17) is 4.18 Å². The summed E-state index contributed by atoms with van der Waals surface area (Å²) in [5, 5.41) is 0. The lowest BCUT2D eigenvalue weighted by atomic mass is 10.1. The van der Waals surface area contributed by atoms with Crippen LogP contribution in [0.5, 0.6) is 5.88 Å². The molecule has 0 unspecified atom stereocenters. The smallest absolute Gasteiger partial charge is 0.340 e. The van der Waals surface area contributed by atoms with Gasteiger partial charge in [-0.15, -0.1) is 0 Å². The minimum absolute atomic E-state index is 0.0190. The Kier molecular flexibility index (Phi) is 6.86. The molecule has 1 heterocycles. The van der Waals surface area contributed by atoms with Gasteiger partial charge in [-0.25, -0.2) is 18.4 Å². The fourth-order valence-electron chi connectivity index (χ4n) is 3.22. The van der Waals surface area contributed by atoms with Crippen LogP contribution in [0, 0.1) is 13.8 Å². The van der Waals surface area contributed by atoms with E-state index in [0.717, 1.165) is 22.9 Å². The molecule has 4 rings (SSSR count). The lowest BCUT2D eigenvalue weighted by molar-refractivity contribution is 0.473. The summed E-state index contributed by atoms with van der Waals surface area (Å²) in [7, 11) is -8.11. The van der Waals surface area contributed by atoms with Gasteiger partial charge in [-0.3, -0.25) is 4.72 Å². The quantitative estimate of drug-likeness (QED) is 0.353. The molecule has 0 saturated carbocycles. The molecular formula is C25H23N3O5S2. The highest BCUT2D eigenvalue weighted by Crippen LogP contribution is 2.24. The summed E-state index contributed by atoms with van der Waals surface area (Å²) in [6.07, 6.45) is 1.27. The van der Waals surface area contributed by atoms with Crippen LogP contribution in [0.2, 0.25) is 0 Å². The largest absolute Gasteiger partial charge is 0.356 e. The fraction of sp³-hybridized carbons (Fsp3) is 0.120. The summed E-state index contributed by atoms with van der Waals surface area (Å²) in [6.45, 7) is 3.70. The van der Waals surface area contributed by atoms with E-state index in [9.17, 15) is 16.8 Å². The zero-order valence-corrected chi connectivity index (χ0v) is 20.7. The maximum Gasteiger partial charge on any atom is 0.340 e. The Labute approximate surface area is 204 Å². The van der Waals surface area contributed by atoms with Crippen molar-refractivity contribution in [2.24, 2.45) is 0 Å². The lowest BCUT2D eigenvalue weighted by Crippen LogP contribution is -2.17. The van der Waals surface area contributed by atoms with E-state index < -0.39 is 20.1 Å². The van der Waals surface area contributed by atoms with Gasteiger partial charge in [0.1, 0.15) is 4.90 Å². The second-order valence-electron chi connectivity index (χ2n) is 7.93. The van der Waals surface area contributed by atoms with Gasteiger partial charge in [-0.1, -0.05) is 65.7 Å². The van der Waals surface area contributed by atoms with Gasteiger partial charge in [0.25, 0.3) is 15.9 Å². The number of sulfonamides is 1. The molecule has 1 aromatic heterocycles. The van der Waals surface area contributed by atoms with Crippen molar-refractivity contribution in [3.63, 3.8) is 0 Å². The highest BCUT2D eigenvalue weighted by atomic mass is 32.2. The molecule has 0 saturated heterocycles. The molecule has 0 fully saturated rings. The van der Waals surface area contributed by atoms with Crippen molar-refractivity contribution in [3.8, 4) is 5.88 Å². The Morgan fingerprint density at radius 3 is 1.94 bits per heavy atom. The lowest BCUT2D eigenvalue weighted by Gasteiger charge is -2.13. The van der Waals surface area contributed by atoms with Gasteiger partial charge in [0.2, 0.25) is 0 Å². The fourth-order valence-corrected chi connectivity index (χ4v) is 5.12. The Morgan fingerprint density at radius 1 is 0.771 bits per heavy atom. The molecule has 3 aromatic carbocycles. The summed E-state index contributed by atoms with van der Waals surface area (Å²) in [4.78, 5) is 8.49. The number of anilines is 1. The number of benzene rings is 3. The normalized spacial score (nSPS) is 11.7. The van der Waals surface area contributed by atoms with Crippen LogP contribution in [-0.2, 0) is 26.6 Å². The standard InChI is InChI=1S/C25H23N3O5S2/c1-18-8-12-21(13-9-18)34(29,30)28-25-23(16-20-6-4-3-5-7-20)27-24(17-26-25)33-35(31,32)22-14-10-19(2)11-15-22/h3-15,17H,16H2,1-2H3,(H,26,28). The number of nitrogens with one attached hydrogen (secondary N) is 1. The van der Waals surface area contributed by atoms with E-state index in [2.05, 4.69) is 14.7 Å². The van der Waals surface area contributed by atoms with Gasteiger partial charge in [-0.2, -0.15) is 8.42 Å². The van der Waals surface area contributed by atoms with Crippen molar-refractivity contribution in [2.75, 3.05) is 4.72 Å². The van der Waals surface area contributed by atoms with Crippen LogP contribution in [-0.4, -0.2) is 26.8 Å². The number of hydrogen-bond acceptors (Lipinski definition) is 7. The van der Waals surface area contributed by atoms with Gasteiger partial charge in [0.15, 0.2) is 5.82 Å². The van der Waals surface area contributed by atoms with Crippen LogP contribution in [0.4, 0.5) is 5.82 Å². The van der Waals surface area contributed by atoms with Crippen LogP contribution in [0.3, 0.4) is 0 Å². The zero-order chi connectivity index (χ0) is 25.1. The third kappa shape index (κ3) is 6.03. The third-order valence-corrected chi connectivity index (χ3v) is 7.70. The van der Waals surface area contributed by atoms with Crippen LogP contribution in [0.1, 0.15) is 22.4 Å². The van der Waals surface area contributed by atoms with E-state index in [1.165, 1.54) is 24.3 Å². The van der Waals surface area contributed by atoms with Crippen LogP contribution in [0.15, 0.2) is 94.9 Å². The minimum atomic E-state index is -4.16. The number of rotatable bonds is 8. The molecule has 0 aliphatic carbocycles. The summed E-state index contributed by atoms with van der Waals surface area (Å²) >= 11 is 0. The molecule has 0 amide bonds. The average molecular weight is 510 g/mol. The second-order valence-corrected chi connectivity index (χ2v) is 11.2. The molecule has 0 spiro atoms. The van der Waals surface area contributed by atoms with Crippen molar-refractivity contribution in [2.45, 2.75) is 30.1 Å². The highest BCUT2D eigenvalue weighted by molar-refractivity contribution is 7.92. The van der Waals surface area contributed by atoms with Crippen LogP contribution >= 0.6 is 0 Å². The van der Waals surface area contributed by atoms with Crippen LogP contribution in [0.25, 0.3) is 0 Å². The predicted octanol–water partition coefficient (Wildman–Crippen LogP) is 4.25. The van der Waals surface area contributed by atoms with Gasteiger partial charge in [0.05, 0.1) is 16.8 Å². The number of nitrogens with zero attached hydrogens (tertiary/aromatic N) is 2. The zero-order valence-electron chi connectivity index (χ0n) is 19.0. The van der Waals surface area contributed by atoms with Gasteiger partial charge >= 0.3 is 10.1 Å². The highest BCUT2D eigenvalue weighted by Gasteiger charge is 2.22. The van der Waals surface area contributed by atoms with Crippen LogP contribution < -0.4 is 8.91 Å². The Morgan fingerprint density at radius 2 is 1.34 bits per heavy atom. The number of aromatic nitrogens is 2. The SMILES string of the molecule is Cc1ccc(S(=O)(=O)Nc2ncc(OS(=O)(=O)c3ccc(C)cc3)nc2Cc2ccccc2)cc1. The molecule has 35 heavy (non-hydrogen) atoms. The van der Waals surface area contributed by atoms with Gasteiger partial charge < -0.3 is 4.18 Å². The maximum absolute atomic E-state index is 12.9. The first kappa shape index (κ1) is 24.4. The van der Waals surface area contributed by atoms with Crippen molar-refractivity contribution in [1.29, 1.82) is 0 Å². The van der Waals surface area contributed by atoms with Crippen molar-refractivity contribution in [1.82, 2.24) is 9.97 Å². The van der Waals surface area contributed by atoms with E-state index in [1.54, 1.807) is 24.3 Å². The van der Waals surface area contributed by atoms with E-state index in [1.807, 2.05) is 44.2 Å². The molecule has 0 aliphatic heterocycles. The van der Waals surface area contributed by atoms with Crippen molar-refractivity contribution in [3.05, 3.63) is 107 Å². The summed E-state index contributed by atoms with van der Waals surface area (Å²) < 4.78 is 59.0. The molecule has 0 bridgehead atoms. The first-order valence-electron chi connectivity index (χ1n) is 10.6. The van der Waals surface area contributed by atoms with Crippen molar-refractivity contribution < 1.29 is 21.0 Å². The predicted molar refractivity (Wildman–Crippen MR) is 132 cm³/mol. The Bertz CT molecular complexity index is 1540. The monoisotopic (exact) mass is 509 g/mol. The summed E-state index contributed by atoms with van der Waals surface area (Å²) in [6, 6.07) is 21.8. The van der Waals surface area contributed by atoms with E-state index in [0.29, 0.717) is 0 Å². The van der Waals surface area contributed by atoms with Gasteiger partial charge in [0, 0.05) is 6.42 Å². The molecule has 8 nitrogen and oxygen atoms in total. The maximum atomic E-state index is 12.9.